The average Bonchev–Trinajstić information content (AvgIpc) is 2.15. The largest absolute Gasteiger partial charge is 0.319 e. The summed E-state index contributed by atoms with van der Waals surface area (Å²) in [6.07, 6.45) is 5.18. The number of rotatable bonds is 4. The van der Waals surface area contributed by atoms with Gasteiger partial charge in [-0.05, 0) is 37.7 Å². The highest BCUT2D eigenvalue weighted by atomic mass is 79.9. The second-order valence-corrected chi connectivity index (χ2v) is 4.28. The molecule has 0 bridgehead atoms. The van der Waals surface area contributed by atoms with Crippen molar-refractivity contribution in [2.24, 2.45) is 0 Å². The van der Waals surface area contributed by atoms with Gasteiger partial charge in [0.15, 0.2) is 0 Å². The van der Waals surface area contributed by atoms with Crippen LogP contribution in [0.1, 0.15) is 12.0 Å². The van der Waals surface area contributed by atoms with Gasteiger partial charge in [0.25, 0.3) is 0 Å². The summed E-state index contributed by atoms with van der Waals surface area (Å²) in [4.78, 5) is 0. The van der Waals surface area contributed by atoms with E-state index in [0.29, 0.717) is 0 Å². The van der Waals surface area contributed by atoms with E-state index in [4.69, 9.17) is 11.6 Å². The van der Waals surface area contributed by atoms with Gasteiger partial charge in [-0.3, -0.25) is 0 Å². The van der Waals surface area contributed by atoms with E-state index >= 15 is 0 Å². The first-order valence-electron chi connectivity index (χ1n) is 4.50. The molecule has 0 aromatic heterocycles. The molecule has 1 rings (SSSR count). The third-order valence-electron chi connectivity index (χ3n) is 1.82. The van der Waals surface area contributed by atoms with E-state index in [1.54, 1.807) is 0 Å². The number of hydrogen-bond donors (Lipinski definition) is 1. The van der Waals surface area contributed by atoms with Gasteiger partial charge in [-0.2, -0.15) is 0 Å². The molecule has 1 aromatic carbocycles. The molecule has 0 fully saturated rings. The minimum absolute atomic E-state index is 0.778. The van der Waals surface area contributed by atoms with E-state index in [1.165, 1.54) is 0 Å². The van der Waals surface area contributed by atoms with Crippen LogP contribution in [-0.4, -0.2) is 13.6 Å². The molecule has 0 aliphatic heterocycles. The summed E-state index contributed by atoms with van der Waals surface area (Å²) < 4.78 is 1.01. The Morgan fingerprint density at radius 2 is 2.29 bits per heavy atom. The summed E-state index contributed by atoms with van der Waals surface area (Å²) in [7, 11) is 1.94. The molecule has 0 spiro atoms. The summed E-state index contributed by atoms with van der Waals surface area (Å²) in [6, 6.07) is 5.89. The van der Waals surface area contributed by atoms with Crippen LogP contribution in [0.3, 0.4) is 0 Å². The van der Waals surface area contributed by atoms with E-state index in [9.17, 15) is 0 Å². The molecular weight excluding hydrogens is 261 g/mol. The average molecular weight is 275 g/mol. The van der Waals surface area contributed by atoms with Crippen LogP contribution < -0.4 is 5.32 Å². The third-order valence-corrected chi connectivity index (χ3v) is 2.64. The minimum atomic E-state index is 0.778. The van der Waals surface area contributed by atoms with Crippen LogP contribution in [0.5, 0.6) is 0 Å². The Balaban J connectivity index is 2.62. The van der Waals surface area contributed by atoms with Crippen molar-refractivity contribution < 1.29 is 0 Å². The number of hydrogen-bond acceptors (Lipinski definition) is 1. The molecule has 0 aliphatic carbocycles. The zero-order valence-electron chi connectivity index (χ0n) is 8.06. The first kappa shape index (κ1) is 11.8. The molecule has 1 N–H and O–H groups in total. The molecule has 0 saturated heterocycles. The number of benzene rings is 1. The van der Waals surface area contributed by atoms with Crippen molar-refractivity contribution in [3.63, 3.8) is 0 Å². The standard InChI is InChI=1S/C11H13BrClN/c1-14-7-3-2-4-9-5-6-10(12)8-11(9)13/h2,4-6,8,14H,3,7H2,1H3. The Morgan fingerprint density at radius 1 is 1.50 bits per heavy atom. The monoisotopic (exact) mass is 273 g/mol. The lowest BCUT2D eigenvalue weighted by molar-refractivity contribution is 0.809. The molecule has 76 valence electrons. The number of nitrogens with one attached hydrogen (secondary N) is 1. The highest BCUT2D eigenvalue weighted by molar-refractivity contribution is 9.10. The van der Waals surface area contributed by atoms with Crippen LogP contribution >= 0.6 is 27.5 Å². The lowest BCUT2D eigenvalue weighted by atomic mass is 10.2. The van der Waals surface area contributed by atoms with Gasteiger partial charge in [0, 0.05) is 9.50 Å². The lowest BCUT2D eigenvalue weighted by Gasteiger charge is -1.98. The zero-order chi connectivity index (χ0) is 10.4. The summed E-state index contributed by atoms with van der Waals surface area (Å²) in [5, 5.41) is 3.86. The van der Waals surface area contributed by atoms with Crippen LogP contribution in [0.2, 0.25) is 5.02 Å². The fraction of sp³-hybridized carbons (Fsp3) is 0.273. The Kier molecular flexibility index (Phi) is 5.23. The summed E-state index contributed by atoms with van der Waals surface area (Å²) in [6.45, 7) is 0.991. The second-order valence-electron chi connectivity index (χ2n) is 2.96. The molecule has 0 heterocycles. The van der Waals surface area contributed by atoms with Gasteiger partial charge in [-0.25, -0.2) is 0 Å². The fourth-order valence-electron chi connectivity index (χ4n) is 1.07. The molecule has 0 unspecified atom stereocenters. The van der Waals surface area contributed by atoms with Crippen molar-refractivity contribution in [3.05, 3.63) is 39.3 Å². The SMILES string of the molecule is CNCCC=Cc1ccc(Br)cc1Cl. The maximum Gasteiger partial charge on any atom is 0.0489 e. The van der Waals surface area contributed by atoms with Crippen LogP contribution in [-0.2, 0) is 0 Å². The summed E-state index contributed by atoms with van der Waals surface area (Å²) in [5.74, 6) is 0. The molecule has 0 aliphatic rings. The maximum absolute atomic E-state index is 6.05. The van der Waals surface area contributed by atoms with E-state index < -0.39 is 0 Å². The highest BCUT2D eigenvalue weighted by Gasteiger charge is 1.96. The van der Waals surface area contributed by atoms with Gasteiger partial charge in [0.1, 0.15) is 0 Å². The van der Waals surface area contributed by atoms with Gasteiger partial charge in [-0.15, -0.1) is 0 Å². The predicted octanol–water partition coefficient (Wildman–Crippen LogP) is 3.73. The van der Waals surface area contributed by atoms with E-state index in [2.05, 4.69) is 27.3 Å². The van der Waals surface area contributed by atoms with E-state index in [-0.39, 0.29) is 0 Å². The van der Waals surface area contributed by atoms with Crippen molar-refractivity contribution in [1.82, 2.24) is 5.32 Å². The molecule has 0 atom stereocenters. The van der Waals surface area contributed by atoms with Crippen molar-refractivity contribution in [1.29, 1.82) is 0 Å². The zero-order valence-corrected chi connectivity index (χ0v) is 10.4. The smallest absolute Gasteiger partial charge is 0.0489 e. The van der Waals surface area contributed by atoms with Crippen LogP contribution in [0.25, 0.3) is 6.08 Å². The van der Waals surface area contributed by atoms with E-state index in [0.717, 1.165) is 28.0 Å². The Hall–Kier alpha value is -0.310. The van der Waals surface area contributed by atoms with Crippen LogP contribution in [0.4, 0.5) is 0 Å². The van der Waals surface area contributed by atoms with Gasteiger partial charge in [0.2, 0.25) is 0 Å². The molecule has 0 amide bonds. The number of halogens is 2. The van der Waals surface area contributed by atoms with Crippen molar-refractivity contribution in [3.8, 4) is 0 Å². The summed E-state index contributed by atoms with van der Waals surface area (Å²) >= 11 is 9.42. The maximum atomic E-state index is 6.05. The summed E-state index contributed by atoms with van der Waals surface area (Å²) in [5.41, 5.74) is 1.06. The molecule has 0 radical (unpaired) electrons. The van der Waals surface area contributed by atoms with Crippen LogP contribution in [0.15, 0.2) is 28.7 Å². The Morgan fingerprint density at radius 3 is 2.93 bits per heavy atom. The highest BCUT2D eigenvalue weighted by Crippen LogP contribution is 2.22. The Labute approximate surface area is 98.3 Å². The molecular formula is C11H13BrClN. The molecule has 1 nitrogen and oxygen atoms in total. The minimum Gasteiger partial charge on any atom is -0.319 e. The van der Waals surface area contributed by atoms with E-state index in [1.807, 2.05) is 31.3 Å². The normalized spacial score (nSPS) is 11.1. The molecule has 3 heteroatoms. The van der Waals surface area contributed by atoms with Crippen molar-refractivity contribution >= 4 is 33.6 Å². The van der Waals surface area contributed by atoms with Gasteiger partial charge in [-0.1, -0.05) is 45.7 Å². The predicted molar refractivity (Wildman–Crippen MR) is 66.7 cm³/mol. The molecule has 14 heavy (non-hydrogen) atoms. The third kappa shape index (κ3) is 3.82. The first-order chi connectivity index (χ1) is 6.74. The first-order valence-corrected chi connectivity index (χ1v) is 5.67. The van der Waals surface area contributed by atoms with Gasteiger partial charge >= 0.3 is 0 Å². The van der Waals surface area contributed by atoms with Crippen molar-refractivity contribution in [2.75, 3.05) is 13.6 Å². The Bertz CT molecular complexity index is 323. The van der Waals surface area contributed by atoms with Crippen molar-refractivity contribution in [2.45, 2.75) is 6.42 Å². The second kappa shape index (κ2) is 6.23. The molecule has 0 saturated carbocycles. The topological polar surface area (TPSA) is 12.0 Å². The molecule has 1 aromatic rings. The van der Waals surface area contributed by atoms with Gasteiger partial charge in [0.05, 0.1) is 0 Å². The lowest BCUT2D eigenvalue weighted by Crippen LogP contribution is -2.05. The fourth-order valence-corrected chi connectivity index (χ4v) is 1.81. The quantitative estimate of drug-likeness (QED) is 0.825. The van der Waals surface area contributed by atoms with Crippen LogP contribution in [0, 0.1) is 0 Å². The van der Waals surface area contributed by atoms with Gasteiger partial charge < -0.3 is 5.32 Å².